The minimum atomic E-state index is -0.345. The molecule has 2 amide bonds. The molecule has 1 saturated carbocycles. The zero-order chi connectivity index (χ0) is 15.4. The van der Waals surface area contributed by atoms with Gasteiger partial charge in [0.05, 0.1) is 6.61 Å². The highest BCUT2D eigenvalue weighted by molar-refractivity contribution is 5.97. The molecule has 5 nitrogen and oxygen atoms in total. The summed E-state index contributed by atoms with van der Waals surface area (Å²) in [4.78, 5) is 26.7. The number of hydrogen-bond acceptors (Lipinski definition) is 3. The molecule has 0 aromatic carbocycles. The van der Waals surface area contributed by atoms with Crippen molar-refractivity contribution in [1.82, 2.24) is 10.2 Å². The maximum Gasteiger partial charge on any atom is 0.245 e. The Morgan fingerprint density at radius 1 is 1.33 bits per heavy atom. The zero-order valence-corrected chi connectivity index (χ0v) is 13.4. The van der Waals surface area contributed by atoms with Crippen LogP contribution in [0.5, 0.6) is 0 Å². The fraction of sp³-hybridized carbons (Fsp3) is 0.875. The van der Waals surface area contributed by atoms with Gasteiger partial charge in [0.1, 0.15) is 12.1 Å². The third-order valence-corrected chi connectivity index (χ3v) is 4.08. The second-order valence-electron chi connectivity index (χ2n) is 6.63. The summed E-state index contributed by atoms with van der Waals surface area (Å²) in [6, 6.07) is -0.615. The molecule has 1 N–H and O–H groups in total. The molecule has 2 unspecified atom stereocenters. The van der Waals surface area contributed by atoms with Crippen molar-refractivity contribution in [2.24, 2.45) is 11.8 Å². The predicted octanol–water partition coefficient (Wildman–Crippen LogP) is 1.56. The Morgan fingerprint density at radius 3 is 2.62 bits per heavy atom. The number of hydrogen-bond donors (Lipinski definition) is 1. The van der Waals surface area contributed by atoms with Gasteiger partial charge in [0, 0.05) is 13.2 Å². The largest absolute Gasteiger partial charge is 0.379 e. The summed E-state index contributed by atoms with van der Waals surface area (Å²) in [7, 11) is 0. The molecule has 0 bridgehead atoms. The van der Waals surface area contributed by atoms with Crippen molar-refractivity contribution in [3.05, 3.63) is 0 Å². The van der Waals surface area contributed by atoms with E-state index in [2.05, 4.69) is 19.2 Å². The van der Waals surface area contributed by atoms with Crippen molar-refractivity contribution in [3.63, 3.8) is 0 Å². The van der Waals surface area contributed by atoms with E-state index >= 15 is 0 Å². The van der Waals surface area contributed by atoms with Gasteiger partial charge >= 0.3 is 0 Å². The monoisotopic (exact) mass is 296 g/mol. The average Bonchev–Trinajstić information content (AvgIpc) is 3.24. The molecule has 0 aromatic rings. The van der Waals surface area contributed by atoms with Crippen LogP contribution in [0.4, 0.5) is 0 Å². The first-order chi connectivity index (χ1) is 10.0. The normalized spacial score (nSPS) is 26.4. The van der Waals surface area contributed by atoms with E-state index in [1.807, 2.05) is 6.92 Å². The number of carbonyl (C=O) groups excluding carboxylic acids is 2. The molecule has 1 heterocycles. The number of piperazine rings is 1. The van der Waals surface area contributed by atoms with Gasteiger partial charge < -0.3 is 15.0 Å². The fourth-order valence-electron chi connectivity index (χ4n) is 2.89. The molecule has 120 valence electrons. The molecular weight excluding hydrogens is 268 g/mol. The summed E-state index contributed by atoms with van der Waals surface area (Å²) in [5.74, 6) is 0.931. The van der Waals surface area contributed by atoms with Gasteiger partial charge in [-0.15, -0.1) is 0 Å². The molecular formula is C16H28N2O3. The van der Waals surface area contributed by atoms with Gasteiger partial charge in [-0.1, -0.05) is 27.2 Å². The van der Waals surface area contributed by atoms with Crippen molar-refractivity contribution in [1.29, 1.82) is 0 Å². The topological polar surface area (TPSA) is 58.6 Å². The highest BCUT2D eigenvalue weighted by Gasteiger charge is 2.47. The van der Waals surface area contributed by atoms with Gasteiger partial charge in [0.15, 0.2) is 0 Å². The summed E-state index contributed by atoms with van der Waals surface area (Å²) in [5, 5.41) is 2.91. The molecule has 2 fully saturated rings. The van der Waals surface area contributed by atoms with Crippen LogP contribution in [0.3, 0.4) is 0 Å². The van der Waals surface area contributed by atoms with Crippen molar-refractivity contribution in [2.75, 3.05) is 19.8 Å². The van der Waals surface area contributed by atoms with E-state index in [9.17, 15) is 9.59 Å². The summed E-state index contributed by atoms with van der Waals surface area (Å²) >= 11 is 0. The van der Waals surface area contributed by atoms with Gasteiger partial charge in [-0.2, -0.15) is 0 Å². The summed E-state index contributed by atoms with van der Waals surface area (Å²) in [6.45, 7) is 7.97. The van der Waals surface area contributed by atoms with Crippen molar-refractivity contribution >= 4 is 11.8 Å². The molecule has 5 heteroatoms. The maximum atomic E-state index is 12.6. The Kier molecular flexibility index (Phi) is 5.62. The zero-order valence-electron chi connectivity index (χ0n) is 13.4. The Labute approximate surface area is 127 Å². The number of nitrogens with one attached hydrogen (secondary N) is 1. The molecule has 1 aliphatic heterocycles. The first-order valence-electron chi connectivity index (χ1n) is 8.23. The predicted molar refractivity (Wildman–Crippen MR) is 80.7 cm³/mol. The number of ether oxygens (including phenoxy) is 1. The van der Waals surface area contributed by atoms with Crippen LogP contribution in [0.15, 0.2) is 0 Å². The molecule has 0 aromatic heterocycles. The van der Waals surface area contributed by atoms with Crippen LogP contribution in [-0.2, 0) is 14.3 Å². The lowest BCUT2D eigenvalue weighted by molar-refractivity contribution is -0.151. The van der Waals surface area contributed by atoms with Gasteiger partial charge in [0.25, 0.3) is 0 Å². The fourth-order valence-corrected chi connectivity index (χ4v) is 2.89. The van der Waals surface area contributed by atoms with Gasteiger partial charge in [-0.05, 0) is 31.1 Å². The Morgan fingerprint density at radius 2 is 2.05 bits per heavy atom. The Hall–Kier alpha value is -1.10. The lowest BCUT2D eigenvalue weighted by Crippen LogP contribution is -2.64. The Bertz CT molecular complexity index is 380. The van der Waals surface area contributed by atoms with Gasteiger partial charge in [0.2, 0.25) is 11.8 Å². The number of carbonyl (C=O) groups is 2. The summed E-state index contributed by atoms with van der Waals surface area (Å²) in [6.07, 6.45) is 3.70. The molecule has 1 aliphatic carbocycles. The minimum absolute atomic E-state index is 0.0272. The van der Waals surface area contributed by atoms with E-state index in [1.165, 1.54) is 0 Å². The van der Waals surface area contributed by atoms with E-state index in [4.69, 9.17) is 4.74 Å². The maximum absolute atomic E-state index is 12.6. The highest BCUT2D eigenvalue weighted by Crippen LogP contribution is 2.37. The quantitative estimate of drug-likeness (QED) is 0.692. The van der Waals surface area contributed by atoms with Gasteiger partial charge in [-0.25, -0.2) is 0 Å². The number of amides is 2. The molecule has 2 aliphatic rings. The summed E-state index contributed by atoms with van der Waals surface area (Å²) < 4.78 is 5.60. The molecule has 21 heavy (non-hydrogen) atoms. The second kappa shape index (κ2) is 7.25. The minimum Gasteiger partial charge on any atom is -0.379 e. The highest BCUT2D eigenvalue weighted by atomic mass is 16.5. The standard InChI is InChI=1S/C16H28N2O3/c1-4-5-13-16(20)18(8-9-21-10-11(2)3)14(12-6-7-12)15(19)17-13/h11-14H,4-10H2,1-3H3,(H,17,19). The molecule has 2 atom stereocenters. The first kappa shape index (κ1) is 16.3. The molecule has 2 rings (SSSR count). The summed E-state index contributed by atoms with van der Waals surface area (Å²) in [5.41, 5.74) is 0. The first-order valence-corrected chi connectivity index (χ1v) is 8.23. The van der Waals surface area contributed by atoms with Crippen LogP contribution in [0.25, 0.3) is 0 Å². The lowest BCUT2D eigenvalue weighted by Gasteiger charge is -2.39. The van der Waals surface area contributed by atoms with Crippen molar-refractivity contribution < 1.29 is 14.3 Å². The van der Waals surface area contributed by atoms with Crippen LogP contribution in [0, 0.1) is 11.8 Å². The smallest absolute Gasteiger partial charge is 0.245 e. The molecule has 0 radical (unpaired) electrons. The van der Waals surface area contributed by atoms with Crippen molar-refractivity contribution in [2.45, 2.75) is 58.5 Å². The number of rotatable bonds is 8. The molecule has 0 spiro atoms. The van der Waals surface area contributed by atoms with Crippen LogP contribution < -0.4 is 5.32 Å². The SMILES string of the molecule is CCCC1NC(=O)C(C2CC2)N(CCOCC(C)C)C1=O. The van der Waals surface area contributed by atoms with E-state index in [0.717, 1.165) is 19.3 Å². The second-order valence-corrected chi connectivity index (χ2v) is 6.63. The third-order valence-electron chi connectivity index (χ3n) is 4.08. The lowest BCUT2D eigenvalue weighted by atomic mass is 10.0. The van der Waals surface area contributed by atoms with E-state index in [0.29, 0.717) is 38.0 Å². The van der Waals surface area contributed by atoms with Crippen LogP contribution in [0.2, 0.25) is 0 Å². The number of nitrogens with zero attached hydrogens (tertiary/aromatic N) is 1. The van der Waals surface area contributed by atoms with Crippen LogP contribution in [0.1, 0.15) is 46.5 Å². The third kappa shape index (κ3) is 4.19. The van der Waals surface area contributed by atoms with Gasteiger partial charge in [-0.3, -0.25) is 9.59 Å². The van der Waals surface area contributed by atoms with E-state index in [-0.39, 0.29) is 23.9 Å². The average molecular weight is 296 g/mol. The molecule has 1 saturated heterocycles. The van der Waals surface area contributed by atoms with E-state index < -0.39 is 0 Å². The van der Waals surface area contributed by atoms with Crippen LogP contribution >= 0.6 is 0 Å². The van der Waals surface area contributed by atoms with E-state index in [1.54, 1.807) is 4.90 Å². The Balaban J connectivity index is 1.96. The van der Waals surface area contributed by atoms with Crippen molar-refractivity contribution in [3.8, 4) is 0 Å². The van der Waals surface area contributed by atoms with Crippen LogP contribution in [-0.4, -0.2) is 48.6 Å².